The van der Waals surface area contributed by atoms with Crippen molar-refractivity contribution in [1.29, 1.82) is 0 Å². The summed E-state index contributed by atoms with van der Waals surface area (Å²) >= 11 is 0. The van der Waals surface area contributed by atoms with Crippen LogP contribution in [-0.4, -0.2) is 27.2 Å². The van der Waals surface area contributed by atoms with Crippen LogP contribution >= 0.6 is 0 Å². The van der Waals surface area contributed by atoms with Crippen LogP contribution in [0.1, 0.15) is 0 Å². The Balaban J connectivity index is 1.72. The fraction of sp³-hybridized carbons (Fsp3) is 0.0357. The Bertz CT molecular complexity index is 1350. The van der Waals surface area contributed by atoms with Crippen molar-refractivity contribution in [2.24, 2.45) is 0 Å². The van der Waals surface area contributed by atoms with E-state index in [1.165, 1.54) is 0 Å². The van der Waals surface area contributed by atoms with Gasteiger partial charge in [0.05, 0.1) is 7.11 Å². The van der Waals surface area contributed by atoms with Crippen molar-refractivity contribution in [2.45, 2.75) is 0 Å². The summed E-state index contributed by atoms with van der Waals surface area (Å²) in [7, 11) is 1.57. The second kappa shape index (κ2) is 8.93. The van der Waals surface area contributed by atoms with Gasteiger partial charge in [0.15, 0.2) is 17.5 Å². The Morgan fingerprint density at radius 2 is 1.06 bits per heavy atom. The molecule has 0 aliphatic carbocycles. The van der Waals surface area contributed by atoms with Gasteiger partial charge in [0, 0.05) is 28.3 Å². The van der Waals surface area contributed by atoms with Gasteiger partial charge in [-0.05, 0) is 17.7 Å². The number of benzene rings is 4. The number of rotatable bonds is 5. The van der Waals surface area contributed by atoms with Crippen LogP contribution in [0.3, 0.4) is 0 Å². The molecule has 1 heterocycles. The van der Waals surface area contributed by atoms with Crippen molar-refractivity contribution in [3.63, 3.8) is 0 Å². The molecule has 0 radical (unpaired) electrons. The average Bonchev–Trinajstić information content (AvgIpc) is 2.89. The molecule has 5 heteroatoms. The minimum absolute atomic E-state index is 0.127. The van der Waals surface area contributed by atoms with Crippen LogP contribution in [0, 0.1) is 0 Å². The molecule has 33 heavy (non-hydrogen) atoms. The third kappa shape index (κ3) is 4.16. The van der Waals surface area contributed by atoms with Gasteiger partial charge in [0.25, 0.3) is 0 Å². The van der Waals surface area contributed by atoms with Gasteiger partial charge in [-0.25, -0.2) is 15.0 Å². The average molecular weight is 431 g/mol. The molecule has 0 aliphatic rings. The van der Waals surface area contributed by atoms with E-state index in [9.17, 15) is 5.11 Å². The number of nitrogens with zero attached hydrogens (tertiary/aromatic N) is 3. The predicted molar refractivity (Wildman–Crippen MR) is 130 cm³/mol. The van der Waals surface area contributed by atoms with Gasteiger partial charge < -0.3 is 9.84 Å². The zero-order chi connectivity index (χ0) is 22.6. The molecule has 0 bridgehead atoms. The first-order valence-electron chi connectivity index (χ1n) is 10.6. The van der Waals surface area contributed by atoms with Crippen LogP contribution in [-0.2, 0) is 0 Å². The van der Waals surface area contributed by atoms with Crippen molar-refractivity contribution in [3.05, 3.63) is 103 Å². The van der Waals surface area contributed by atoms with Crippen LogP contribution < -0.4 is 4.74 Å². The fourth-order valence-electron chi connectivity index (χ4n) is 3.71. The molecule has 0 saturated heterocycles. The lowest BCUT2D eigenvalue weighted by atomic mass is 9.98. The topological polar surface area (TPSA) is 68.1 Å². The summed E-state index contributed by atoms with van der Waals surface area (Å²) in [6.07, 6.45) is 0. The summed E-state index contributed by atoms with van der Waals surface area (Å²) in [5.74, 6) is 2.43. The van der Waals surface area contributed by atoms with E-state index >= 15 is 0 Å². The number of ether oxygens (including phenoxy) is 1. The van der Waals surface area contributed by atoms with E-state index in [1.54, 1.807) is 13.2 Å². The molecular formula is C28H21N3O2. The third-order valence-electron chi connectivity index (χ3n) is 5.36. The van der Waals surface area contributed by atoms with Gasteiger partial charge in [-0.1, -0.05) is 84.9 Å². The lowest BCUT2D eigenvalue weighted by molar-refractivity contribution is 0.408. The van der Waals surface area contributed by atoms with Crippen molar-refractivity contribution < 1.29 is 9.84 Å². The molecule has 160 valence electrons. The number of methoxy groups -OCH3 is 1. The number of hydrogen-bond donors (Lipinski definition) is 1. The molecule has 0 aliphatic heterocycles. The minimum Gasteiger partial charge on any atom is -0.507 e. The highest BCUT2D eigenvalue weighted by molar-refractivity contribution is 5.84. The number of phenols is 1. The molecule has 0 fully saturated rings. The first-order valence-corrected chi connectivity index (χ1v) is 10.6. The van der Waals surface area contributed by atoms with Crippen molar-refractivity contribution in [2.75, 3.05) is 7.11 Å². The maximum Gasteiger partial charge on any atom is 0.164 e. The Morgan fingerprint density at radius 1 is 0.545 bits per heavy atom. The van der Waals surface area contributed by atoms with Crippen LogP contribution in [0.2, 0.25) is 0 Å². The first-order chi connectivity index (χ1) is 16.2. The molecule has 1 aromatic heterocycles. The van der Waals surface area contributed by atoms with Crippen LogP contribution in [0.25, 0.3) is 45.3 Å². The van der Waals surface area contributed by atoms with Gasteiger partial charge in [0.2, 0.25) is 0 Å². The van der Waals surface area contributed by atoms with Gasteiger partial charge in [-0.15, -0.1) is 0 Å². The molecule has 4 aromatic carbocycles. The van der Waals surface area contributed by atoms with E-state index in [0.29, 0.717) is 28.8 Å². The quantitative estimate of drug-likeness (QED) is 0.356. The van der Waals surface area contributed by atoms with E-state index in [4.69, 9.17) is 19.7 Å². The highest BCUT2D eigenvalue weighted by Gasteiger charge is 2.17. The lowest BCUT2D eigenvalue weighted by Gasteiger charge is -2.13. The maximum atomic E-state index is 10.7. The van der Waals surface area contributed by atoms with Crippen LogP contribution in [0.4, 0.5) is 0 Å². The predicted octanol–water partition coefficient (Wildman–Crippen LogP) is 6.25. The summed E-state index contributed by atoms with van der Waals surface area (Å²) in [5, 5.41) is 10.7. The molecule has 0 saturated carbocycles. The van der Waals surface area contributed by atoms with Crippen molar-refractivity contribution >= 4 is 0 Å². The van der Waals surface area contributed by atoms with Crippen molar-refractivity contribution in [1.82, 2.24) is 15.0 Å². The number of aromatic nitrogens is 3. The zero-order valence-electron chi connectivity index (χ0n) is 18.0. The van der Waals surface area contributed by atoms with Crippen molar-refractivity contribution in [3.8, 4) is 56.8 Å². The van der Waals surface area contributed by atoms with E-state index in [2.05, 4.69) is 0 Å². The van der Waals surface area contributed by atoms with Gasteiger partial charge >= 0.3 is 0 Å². The number of hydrogen-bond acceptors (Lipinski definition) is 5. The highest BCUT2D eigenvalue weighted by atomic mass is 16.5. The molecule has 0 atom stereocenters. The summed E-state index contributed by atoms with van der Waals surface area (Å²) in [5.41, 5.74) is 4.11. The Labute approximate surface area is 192 Å². The zero-order valence-corrected chi connectivity index (χ0v) is 18.0. The summed E-state index contributed by atoms with van der Waals surface area (Å²) in [6, 6.07) is 32.7. The number of phenolic OH excluding ortho intramolecular Hbond substituents is 1. The van der Waals surface area contributed by atoms with E-state index in [1.807, 2.05) is 97.1 Å². The molecule has 0 amide bonds. The maximum absolute atomic E-state index is 10.7. The van der Waals surface area contributed by atoms with E-state index in [-0.39, 0.29) is 5.75 Å². The molecule has 5 aromatic rings. The second-order valence-electron chi connectivity index (χ2n) is 7.47. The lowest BCUT2D eigenvalue weighted by Crippen LogP contribution is -2.01. The minimum atomic E-state index is 0.127. The monoisotopic (exact) mass is 431 g/mol. The Hall–Kier alpha value is -4.51. The smallest absolute Gasteiger partial charge is 0.164 e. The SMILES string of the molecule is COc1ccc(-c2ccccc2-c2nc(-c3ccccc3)nc(-c3ccccc3)n2)c(O)c1. The molecule has 5 rings (SSSR count). The van der Waals surface area contributed by atoms with Gasteiger partial charge in [-0.3, -0.25) is 0 Å². The van der Waals surface area contributed by atoms with E-state index < -0.39 is 0 Å². The Morgan fingerprint density at radius 3 is 1.61 bits per heavy atom. The molecule has 1 N–H and O–H groups in total. The summed E-state index contributed by atoms with van der Waals surface area (Å²) in [4.78, 5) is 14.4. The molecule has 0 unspecified atom stereocenters. The molecule has 0 spiro atoms. The molecular weight excluding hydrogens is 410 g/mol. The summed E-state index contributed by atoms with van der Waals surface area (Å²) in [6.45, 7) is 0. The number of aromatic hydroxyl groups is 1. The Kier molecular flexibility index (Phi) is 5.52. The van der Waals surface area contributed by atoms with E-state index in [0.717, 1.165) is 22.3 Å². The molecule has 5 nitrogen and oxygen atoms in total. The first kappa shape index (κ1) is 20.4. The van der Waals surface area contributed by atoms with Gasteiger partial charge in [0.1, 0.15) is 11.5 Å². The highest BCUT2D eigenvalue weighted by Crippen LogP contribution is 2.38. The van der Waals surface area contributed by atoms with Crippen LogP contribution in [0.5, 0.6) is 11.5 Å². The summed E-state index contributed by atoms with van der Waals surface area (Å²) < 4.78 is 5.24. The third-order valence-corrected chi connectivity index (χ3v) is 5.36. The fourth-order valence-corrected chi connectivity index (χ4v) is 3.71. The van der Waals surface area contributed by atoms with Gasteiger partial charge in [-0.2, -0.15) is 0 Å². The normalized spacial score (nSPS) is 10.7. The van der Waals surface area contributed by atoms with Crippen LogP contribution in [0.15, 0.2) is 103 Å². The standard InChI is InChI=1S/C28H21N3O2/c1-33-21-16-17-23(25(32)18-21)22-14-8-9-15-24(22)28-30-26(19-10-4-2-5-11-19)29-27(31-28)20-12-6-3-7-13-20/h2-18,32H,1H3. The largest absolute Gasteiger partial charge is 0.507 e. The second-order valence-corrected chi connectivity index (χ2v) is 7.47.